The molecule has 0 aromatic carbocycles. The first-order valence-electron chi connectivity index (χ1n) is 6.15. The van der Waals surface area contributed by atoms with Crippen LogP contribution in [0.15, 0.2) is 0 Å². The number of halogens is 2. The quantitative estimate of drug-likeness (QED) is 0.367. The minimum atomic E-state index is -0.203. The van der Waals surface area contributed by atoms with Crippen LogP contribution in [-0.2, 0) is 16.1 Å². The lowest BCUT2D eigenvalue weighted by Crippen LogP contribution is -2.04. The fraction of sp³-hybridized carbons (Fsp3) is 0.500. The summed E-state index contributed by atoms with van der Waals surface area (Å²) in [6, 6.07) is 0. The van der Waals surface area contributed by atoms with Gasteiger partial charge in [0, 0.05) is 13.0 Å². The Morgan fingerprint density at radius 3 is 2.70 bits per heavy atom. The SMILES string of the molecule is COC(=O)CCCCn1c(C)nc2nc(Cl)nc(Cl)c21. The summed E-state index contributed by atoms with van der Waals surface area (Å²) in [4.78, 5) is 23.3. The Morgan fingerprint density at radius 2 is 2.00 bits per heavy atom. The minimum absolute atomic E-state index is 0.0813. The van der Waals surface area contributed by atoms with E-state index in [-0.39, 0.29) is 16.4 Å². The number of fused-ring (bicyclic) bond motifs is 1. The van der Waals surface area contributed by atoms with Crippen LogP contribution in [0.2, 0.25) is 10.4 Å². The molecule has 8 heteroatoms. The van der Waals surface area contributed by atoms with Gasteiger partial charge in [-0.25, -0.2) is 9.97 Å². The van der Waals surface area contributed by atoms with E-state index in [1.54, 1.807) is 0 Å². The Kier molecular flexibility index (Phi) is 4.77. The number of methoxy groups -OCH3 is 1. The largest absolute Gasteiger partial charge is 0.469 e. The third kappa shape index (κ3) is 3.19. The van der Waals surface area contributed by atoms with Crippen molar-refractivity contribution in [3.63, 3.8) is 0 Å². The zero-order valence-corrected chi connectivity index (χ0v) is 12.7. The number of carbonyl (C=O) groups is 1. The van der Waals surface area contributed by atoms with E-state index < -0.39 is 0 Å². The van der Waals surface area contributed by atoms with Crippen LogP contribution >= 0.6 is 23.2 Å². The first-order valence-corrected chi connectivity index (χ1v) is 6.91. The molecule has 0 radical (unpaired) electrons. The van der Waals surface area contributed by atoms with Gasteiger partial charge in [-0.2, -0.15) is 4.98 Å². The van der Waals surface area contributed by atoms with Gasteiger partial charge in [0.2, 0.25) is 5.28 Å². The number of rotatable bonds is 5. The molecule has 0 bridgehead atoms. The van der Waals surface area contributed by atoms with E-state index in [9.17, 15) is 4.79 Å². The molecule has 0 unspecified atom stereocenters. The zero-order chi connectivity index (χ0) is 14.7. The molecule has 6 nitrogen and oxygen atoms in total. The predicted octanol–water partition coefficient (Wildman–Crippen LogP) is 2.78. The van der Waals surface area contributed by atoms with Crippen molar-refractivity contribution in [3.8, 4) is 0 Å². The molecule has 0 fully saturated rings. The molecule has 2 aromatic rings. The summed E-state index contributed by atoms with van der Waals surface area (Å²) in [6.07, 6.45) is 1.94. The second-order valence-electron chi connectivity index (χ2n) is 4.30. The van der Waals surface area contributed by atoms with Crippen molar-refractivity contribution in [3.05, 3.63) is 16.3 Å². The second kappa shape index (κ2) is 6.37. The lowest BCUT2D eigenvalue weighted by Gasteiger charge is -2.07. The highest BCUT2D eigenvalue weighted by Gasteiger charge is 2.14. The van der Waals surface area contributed by atoms with Gasteiger partial charge in [0.15, 0.2) is 10.8 Å². The maximum absolute atomic E-state index is 11.0. The fourth-order valence-electron chi connectivity index (χ4n) is 1.99. The Labute approximate surface area is 126 Å². The van der Waals surface area contributed by atoms with Crippen molar-refractivity contribution in [1.29, 1.82) is 0 Å². The Balaban J connectivity index is 2.14. The molecule has 0 saturated carbocycles. The van der Waals surface area contributed by atoms with Gasteiger partial charge in [-0.15, -0.1) is 0 Å². The first-order chi connectivity index (χ1) is 9.52. The van der Waals surface area contributed by atoms with Crippen LogP contribution < -0.4 is 0 Å². The molecule has 0 N–H and O–H groups in total. The Morgan fingerprint density at radius 1 is 1.25 bits per heavy atom. The van der Waals surface area contributed by atoms with Gasteiger partial charge in [-0.3, -0.25) is 4.79 Å². The van der Waals surface area contributed by atoms with Crippen molar-refractivity contribution < 1.29 is 9.53 Å². The van der Waals surface area contributed by atoms with Crippen LogP contribution in [0.5, 0.6) is 0 Å². The molecule has 2 heterocycles. The van der Waals surface area contributed by atoms with Crippen molar-refractivity contribution >= 4 is 40.3 Å². The van der Waals surface area contributed by atoms with Gasteiger partial charge >= 0.3 is 5.97 Å². The highest BCUT2D eigenvalue weighted by molar-refractivity contribution is 6.35. The van der Waals surface area contributed by atoms with Gasteiger partial charge in [0.25, 0.3) is 0 Å². The minimum Gasteiger partial charge on any atom is -0.469 e. The van der Waals surface area contributed by atoms with Crippen LogP contribution in [-0.4, -0.2) is 32.6 Å². The molecule has 108 valence electrons. The summed E-state index contributed by atoms with van der Waals surface area (Å²) >= 11 is 11.9. The van der Waals surface area contributed by atoms with Gasteiger partial charge in [0.1, 0.15) is 11.3 Å². The van der Waals surface area contributed by atoms with E-state index in [0.717, 1.165) is 18.7 Å². The maximum atomic E-state index is 11.0. The lowest BCUT2D eigenvalue weighted by molar-refractivity contribution is -0.140. The molecule has 2 rings (SSSR count). The normalized spacial score (nSPS) is 11.0. The molecule has 0 aliphatic rings. The predicted molar refractivity (Wildman–Crippen MR) is 75.9 cm³/mol. The van der Waals surface area contributed by atoms with Crippen LogP contribution in [0.1, 0.15) is 25.1 Å². The van der Waals surface area contributed by atoms with E-state index >= 15 is 0 Å². The molecule has 0 spiro atoms. The highest BCUT2D eigenvalue weighted by atomic mass is 35.5. The summed E-state index contributed by atoms with van der Waals surface area (Å²) in [7, 11) is 1.39. The third-order valence-electron chi connectivity index (χ3n) is 2.96. The smallest absolute Gasteiger partial charge is 0.305 e. The van der Waals surface area contributed by atoms with E-state index in [4.69, 9.17) is 23.2 Å². The second-order valence-corrected chi connectivity index (χ2v) is 5.00. The van der Waals surface area contributed by atoms with E-state index in [1.807, 2.05) is 11.5 Å². The van der Waals surface area contributed by atoms with Gasteiger partial charge in [-0.1, -0.05) is 11.6 Å². The Hall–Kier alpha value is -1.40. The number of unbranched alkanes of at least 4 members (excludes halogenated alkanes) is 1. The third-order valence-corrected chi connectivity index (χ3v) is 3.40. The molecule has 0 saturated heterocycles. The standard InChI is InChI=1S/C12H14Cl2N4O2/c1-7-15-11-9(10(13)16-12(14)17-11)18(7)6-4-3-5-8(19)20-2/h3-6H2,1-2H3. The molecule has 0 atom stereocenters. The van der Waals surface area contributed by atoms with Crippen LogP contribution in [0.25, 0.3) is 11.2 Å². The van der Waals surface area contributed by atoms with Crippen molar-refractivity contribution in [2.45, 2.75) is 32.7 Å². The number of imidazole rings is 1. The molecule has 20 heavy (non-hydrogen) atoms. The maximum Gasteiger partial charge on any atom is 0.305 e. The summed E-state index contributed by atoms with van der Waals surface area (Å²) in [5.74, 6) is 0.585. The summed E-state index contributed by atoms with van der Waals surface area (Å²) in [6.45, 7) is 2.55. The average Bonchev–Trinajstić information content (AvgIpc) is 2.70. The number of aryl methyl sites for hydroxylation is 2. The number of carbonyl (C=O) groups excluding carboxylic acids is 1. The average molecular weight is 317 g/mol. The summed E-state index contributed by atoms with van der Waals surface area (Å²) in [5.41, 5.74) is 1.16. The molecule has 0 aliphatic heterocycles. The molecule has 0 aliphatic carbocycles. The number of hydrogen-bond donors (Lipinski definition) is 0. The number of aromatic nitrogens is 4. The summed E-state index contributed by atoms with van der Waals surface area (Å²) in [5, 5.41) is 0.367. The van der Waals surface area contributed by atoms with Crippen molar-refractivity contribution in [2.24, 2.45) is 0 Å². The van der Waals surface area contributed by atoms with E-state index in [1.165, 1.54) is 7.11 Å². The molecule has 2 aromatic heterocycles. The number of hydrogen-bond acceptors (Lipinski definition) is 5. The van der Waals surface area contributed by atoms with Gasteiger partial charge in [-0.05, 0) is 31.4 Å². The lowest BCUT2D eigenvalue weighted by atomic mass is 10.2. The van der Waals surface area contributed by atoms with E-state index in [2.05, 4.69) is 19.7 Å². The number of ether oxygens (including phenoxy) is 1. The highest BCUT2D eigenvalue weighted by Crippen LogP contribution is 2.23. The fourth-order valence-corrected chi connectivity index (χ4v) is 2.47. The van der Waals surface area contributed by atoms with Crippen molar-refractivity contribution in [1.82, 2.24) is 19.5 Å². The number of nitrogens with zero attached hydrogens (tertiary/aromatic N) is 4. The number of esters is 1. The van der Waals surface area contributed by atoms with Crippen molar-refractivity contribution in [2.75, 3.05) is 7.11 Å². The topological polar surface area (TPSA) is 69.9 Å². The van der Waals surface area contributed by atoms with Gasteiger partial charge in [0.05, 0.1) is 7.11 Å². The van der Waals surface area contributed by atoms with Crippen LogP contribution in [0.3, 0.4) is 0 Å². The van der Waals surface area contributed by atoms with Crippen LogP contribution in [0, 0.1) is 6.92 Å². The monoisotopic (exact) mass is 316 g/mol. The molecular formula is C12H14Cl2N4O2. The first kappa shape index (κ1) is 15.0. The molecular weight excluding hydrogens is 303 g/mol. The zero-order valence-electron chi connectivity index (χ0n) is 11.2. The summed E-state index contributed by atoms with van der Waals surface area (Å²) < 4.78 is 6.54. The van der Waals surface area contributed by atoms with Gasteiger partial charge < -0.3 is 9.30 Å². The van der Waals surface area contributed by atoms with Crippen LogP contribution in [0.4, 0.5) is 0 Å². The molecule has 0 amide bonds. The Bertz CT molecular complexity index is 642. The van der Waals surface area contributed by atoms with E-state index in [0.29, 0.717) is 24.1 Å².